The average Bonchev–Trinajstić information content (AvgIpc) is 2.85. The largest absolute Gasteiger partial charge is 0.435 e. The molecule has 0 fully saturated rings. The molecule has 35 heavy (non-hydrogen) atoms. The van der Waals surface area contributed by atoms with Crippen molar-refractivity contribution < 1.29 is 18.3 Å². The molecule has 1 aromatic heterocycles. The Labute approximate surface area is 203 Å². The molecule has 1 heterocycles. The zero-order valence-electron chi connectivity index (χ0n) is 18.2. The number of anilines is 1. The quantitative estimate of drug-likeness (QED) is 0.281. The number of halogens is 2. The Balaban J connectivity index is 1.59. The summed E-state index contributed by atoms with van der Waals surface area (Å²) in [7, 11) is 0. The topological polar surface area (TPSA) is 97.0 Å². The summed E-state index contributed by atoms with van der Waals surface area (Å²) in [6.45, 7) is -2.96. The third kappa shape index (κ3) is 5.83. The fourth-order valence-corrected chi connectivity index (χ4v) is 4.15. The van der Waals surface area contributed by atoms with E-state index in [4.69, 9.17) is 5.26 Å². The molecule has 1 N–H and O–H groups in total. The van der Waals surface area contributed by atoms with E-state index in [1.165, 1.54) is 28.8 Å². The van der Waals surface area contributed by atoms with Crippen molar-refractivity contribution in [3.8, 4) is 17.5 Å². The van der Waals surface area contributed by atoms with Gasteiger partial charge in [0.05, 0.1) is 34.8 Å². The number of nitrogens with zero attached hydrogens (tertiary/aromatic N) is 3. The van der Waals surface area contributed by atoms with Crippen LogP contribution in [0.4, 0.5) is 14.5 Å². The monoisotopic (exact) mass is 492 g/mol. The van der Waals surface area contributed by atoms with Crippen molar-refractivity contribution >= 4 is 34.3 Å². The first-order chi connectivity index (χ1) is 16.9. The Morgan fingerprint density at radius 3 is 2.49 bits per heavy atom. The van der Waals surface area contributed by atoms with Crippen LogP contribution in [0, 0.1) is 11.3 Å². The van der Waals surface area contributed by atoms with Gasteiger partial charge in [-0.25, -0.2) is 4.98 Å². The van der Waals surface area contributed by atoms with Crippen molar-refractivity contribution in [1.29, 1.82) is 5.26 Å². The van der Waals surface area contributed by atoms with Crippen molar-refractivity contribution in [3.05, 3.63) is 88.7 Å². The number of hydrogen-bond donors (Lipinski definition) is 1. The molecule has 0 atom stereocenters. The number of nitriles is 1. The lowest BCUT2D eigenvalue weighted by Gasteiger charge is -2.14. The summed E-state index contributed by atoms with van der Waals surface area (Å²) in [6.07, 6.45) is 0.282. The highest BCUT2D eigenvalue weighted by Gasteiger charge is 2.15. The number of para-hydroxylation sites is 1. The summed E-state index contributed by atoms with van der Waals surface area (Å²) in [6, 6.07) is 21.4. The molecule has 0 bridgehead atoms. The number of alkyl halides is 2. The number of fused-ring (bicyclic) bond motifs is 1. The van der Waals surface area contributed by atoms with Gasteiger partial charge >= 0.3 is 6.61 Å². The molecule has 0 aliphatic rings. The van der Waals surface area contributed by atoms with Crippen molar-refractivity contribution in [1.82, 2.24) is 9.55 Å². The fraction of sp³-hybridized carbons (Fsp3) is 0.120. The van der Waals surface area contributed by atoms with Crippen LogP contribution in [0.15, 0.2) is 82.7 Å². The molecule has 7 nitrogen and oxygen atoms in total. The number of ether oxygens (including phenoxy) is 1. The fourth-order valence-electron chi connectivity index (χ4n) is 3.34. The molecule has 176 valence electrons. The van der Waals surface area contributed by atoms with Gasteiger partial charge in [0, 0.05) is 5.69 Å². The second-order valence-corrected chi connectivity index (χ2v) is 8.24. The van der Waals surface area contributed by atoms with E-state index in [-0.39, 0.29) is 34.5 Å². The van der Waals surface area contributed by atoms with Gasteiger partial charge in [0.1, 0.15) is 5.75 Å². The lowest BCUT2D eigenvalue weighted by molar-refractivity contribution is -0.113. The predicted molar refractivity (Wildman–Crippen MR) is 129 cm³/mol. The third-order valence-electron chi connectivity index (χ3n) is 4.92. The van der Waals surface area contributed by atoms with Crippen molar-refractivity contribution in [3.63, 3.8) is 0 Å². The molecule has 10 heteroatoms. The van der Waals surface area contributed by atoms with E-state index in [9.17, 15) is 18.4 Å². The minimum absolute atomic E-state index is 0.0305. The highest BCUT2D eigenvalue weighted by Crippen LogP contribution is 2.24. The molecule has 4 aromatic rings. The minimum atomic E-state index is -2.96. The Morgan fingerprint density at radius 2 is 1.80 bits per heavy atom. The number of benzene rings is 3. The normalized spacial score (nSPS) is 10.8. The molecule has 0 saturated carbocycles. The highest BCUT2D eigenvalue weighted by atomic mass is 32.2. The molecular formula is C25H18F2N4O3S. The molecule has 0 saturated heterocycles. The first kappa shape index (κ1) is 23.9. The van der Waals surface area contributed by atoms with Gasteiger partial charge in [0.15, 0.2) is 5.16 Å². The minimum Gasteiger partial charge on any atom is -0.435 e. The maximum Gasteiger partial charge on any atom is 0.387 e. The van der Waals surface area contributed by atoms with Gasteiger partial charge < -0.3 is 10.1 Å². The Bertz CT molecular complexity index is 1450. The summed E-state index contributed by atoms with van der Waals surface area (Å²) < 4.78 is 30.7. The lowest BCUT2D eigenvalue weighted by atomic mass is 10.1. The molecule has 4 rings (SSSR count). The van der Waals surface area contributed by atoms with E-state index in [0.29, 0.717) is 22.3 Å². The van der Waals surface area contributed by atoms with Gasteiger partial charge in [0.2, 0.25) is 5.91 Å². The summed E-state index contributed by atoms with van der Waals surface area (Å²) >= 11 is 1.07. The first-order valence-corrected chi connectivity index (χ1v) is 11.4. The standard InChI is InChI=1S/C25H18F2N4O3S/c26-24(27)34-19-11-9-18(10-12-19)31-23(33)20-3-1-2-4-21(20)30-25(31)35-15-22(32)29-17-7-5-16(6-8-17)13-14-28/h1-12,24H,13,15H2,(H,29,32). The van der Waals surface area contributed by atoms with Crippen LogP contribution in [-0.2, 0) is 11.2 Å². The van der Waals surface area contributed by atoms with Gasteiger partial charge in [-0.15, -0.1) is 0 Å². The van der Waals surface area contributed by atoms with Gasteiger partial charge in [0.25, 0.3) is 5.56 Å². The molecule has 1 amide bonds. The van der Waals surface area contributed by atoms with E-state index < -0.39 is 6.61 Å². The molecule has 0 radical (unpaired) electrons. The third-order valence-corrected chi connectivity index (χ3v) is 5.86. The average molecular weight is 493 g/mol. The molecule has 0 spiro atoms. The van der Waals surface area contributed by atoms with Crippen LogP contribution in [0.5, 0.6) is 5.75 Å². The van der Waals surface area contributed by atoms with Gasteiger partial charge in [-0.1, -0.05) is 36.0 Å². The number of rotatable bonds is 8. The maximum atomic E-state index is 13.3. The summed E-state index contributed by atoms with van der Waals surface area (Å²) in [5.41, 5.74) is 1.94. The predicted octanol–water partition coefficient (Wildman–Crippen LogP) is 4.78. The first-order valence-electron chi connectivity index (χ1n) is 10.4. The van der Waals surface area contributed by atoms with Gasteiger partial charge in [-0.05, 0) is 54.1 Å². The van der Waals surface area contributed by atoms with Crippen LogP contribution in [0.2, 0.25) is 0 Å². The van der Waals surface area contributed by atoms with Crippen LogP contribution >= 0.6 is 11.8 Å². The summed E-state index contributed by atoms with van der Waals surface area (Å²) in [5.74, 6) is -0.380. The van der Waals surface area contributed by atoms with Crippen LogP contribution in [0.25, 0.3) is 16.6 Å². The number of hydrogen-bond acceptors (Lipinski definition) is 6. The molecule has 3 aromatic carbocycles. The van der Waals surface area contributed by atoms with Crippen LogP contribution in [-0.4, -0.2) is 27.8 Å². The highest BCUT2D eigenvalue weighted by molar-refractivity contribution is 7.99. The Kier molecular flexibility index (Phi) is 7.38. The Morgan fingerprint density at radius 1 is 1.09 bits per heavy atom. The second kappa shape index (κ2) is 10.8. The van der Waals surface area contributed by atoms with Crippen LogP contribution < -0.4 is 15.6 Å². The van der Waals surface area contributed by atoms with E-state index in [0.717, 1.165) is 17.3 Å². The van der Waals surface area contributed by atoms with E-state index >= 15 is 0 Å². The number of carbonyl (C=O) groups excluding carboxylic acids is 1. The van der Waals surface area contributed by atoms with Crippen molar-refractivity contribution in [2.45, 2.75) is 18.2 Å². The molecular weight excluding hydrogens is 474 g/mol. The summed E-state index contributed by atoms with van der Waals surface area (Å²) in [5, 5.41) is 12.2. The zero-order chi connectivity index (χ0) is 24.8. The van der Waals surface area contributed by atoms with E-state index in [1.54, 1.807) is 48.5 Å². The maximum absolute atomic E-state index is 13.3. The summed E-state index contributed by atoms with van der Waals surface area (Å²) in [4.78, 5) is 30.4. The number of carbonyl (C=O) groups is 1. The molecule has 0 aliphatic carbocycles. The number of thioether (sulfide) groups is 1. The van der Waals surface area contributed by atoms with Gasteiger partial charge in [-0.2, -0.15) is 14.0 Å². The SMILES string of the molecule is N#CCc1ccc(NC(=O)CSc2nc3ccccc3c(=O)n2-c2ccc(OC(F)F)cc2)cc1. The zero-order valence-corrected chi connectivity index (χ0v) is 19.0. The van der Waals surface area contributed by atoms with Crippen LogP contribution in [0.3, 0.4) is 0 Å². The van der Waals surface area contributed by atoms with Crippen LogP contribution in [0.1, 0.15) is 5.56 Å². The van der Waals surface area contributed by atoms with Crippen molar-refractivity contribution in [2.75, 3.05) is 11.1 Å². The smallest absolute Gasteiger partial charge is 0.387 e. The number of nitrogens with one attached hydrogen (secondary N) is 1. The van der Waals surface area contributed by atoms with E-state index in [2.05, 4.69) is 21.1 Å². The van der Waals surface area contributed by atoms with E-state index in [1.807, 2.05) is 0 Å². The Hall–Kier alpha value is -4.23. The molecule has 0 unspecified atom stereocenters. The van der Waals surface area contributed by atoms with Crippen molar-refractivity contribution in [2.24, 2.45) is 0 Å². The lowest BCUT2D eigenvalue weighted by Crippen LogP contribution is -2.23. The number of amides is 1. The molecule has 0 aliphatic heterocycles. The van der Waals surface area contributed by atoms with Gasteiger partial charge in [-0.3, -0.25) is 14.2 Å². The number of aromatic nitrogens is 2. The second-order valence-electron chi connectivity index (χ2n) is 7.29.